The molecular formula is C11H10ClN3O2S. The van der Waals surface area contributed by atoms with Gasteiger partial charge in [0.15, 0.2) is 0 Å². The van der Waals surface area contributed by atoms with Crippen LogP contribution in [0, 0.1) is 0 Å². The van der Waals surface area contributed by atoms with Crippen LogP contribution in [0.4, 0.5) is 0 Å². The zero-order valence-electron chi connectivity index (χ0n) is 9.51. The summed E-state index contributed by atoms with van der Waals surface area (Å²) in [5.41, 5.74) is 5.93. The normalized spacial score (nSPS) is 10.3. The second-order valence-electron chi connectivity index (χ2n) is 3.33. The van der Waals surface area contributed by atoms with Gasteiger partial charge in [0.2, 0.25) is 0 Å². The van der Waals surface area contributed by atoms with Gasteiger partial charge in [-0.2, -0.15) is 0 Å². The third-order valence-corrected chi connectivity index (χ3v) is 3.47. The van der Waals surface area contributed by atoms with Crippen molar-refractivity contribution in [3.8, 4) is 16.3 Å². The number of nitrogens with zero attached hydrogens (tertiary/aromatic N) is 2. The minimum atomic E-state index is -0.519. The van der Waals surface area contributed by atoms with Gasteiger partial charge < -0.3 is 10.5 Å². The molecule has 0 aliphatic heterocycles. The molecule has 0 radical (unpaired) electrons. The Morgan fingerprint density at radius 2 is 2.28 bits per heavy atom. The molecule has 0 saturated heterocycles. The van der Waals surface area contributed by atoms with Gasteiger partial charge in [0.05, 0.1) is 17.2 Å². The summed E-state index contributed by atoms with van der Waals surface area (Å²) in [5, 5.41) is 0.340. The highest BCUT2D eigenvalue weighted by Crippen LogP contribution is 2.35. The van der Waals surface area contributed by atoms with Gasteiger partial charge in [-0.1, -0.05) is 11.6 Å². The molecule has 0 fully saturated rings. The van der Waals surface area contributed by atoms with Crippen LogP contribution in [0.5, 0.6) is 5.75 Å². The fraction of sp³-hybridized carbons (Fsp3) is 0.182. The zero-order valence-corrected chi connectivity index (χ0v) is 11.1. The highest BCUT2D eigenvalue weighted by molar-refractivity contribution is 7.17. The first-order valence-corrected chi connectivity index (χ1v) is 6.35. The summed E-state index contributed by atoms with van der Waals surface area (Å²) in [7, 11) is 0. The molecule has 2 aromatic heterocycles. The molecule has 0 spiro atoms. The maximum Gasteiger partial charge on any atom is 0.262 e. The van der Waals surface area contributed by atoms with Crippen molar-refractivity contribution in [1.82, 2.24) is 9.97 Å². The fourth-order valence-electron chi connectivity index (χ4n) is 1.40. The van der Waals surface area contributed by atoms with Gasteiger partial charge in [-0.15, -0.1) is 11.3 Å². The van der Waals surface area contributed by atoms with Gasteiger partial charge >= 0.3 is 0 Å². The van der Waals surface area contributed by atoms with E-state index in [9.17, 15) is 4.79 Å². The molecule has 0 saturated carbocycles. The van der Waals surface area contributed by atoms with Crippen LogP contribution in [0.2, 0.25) is 5.15 Å². The molecule has 2 N–H and O–H groups in total. The largest absolute Gasteiger partial charge is 0.492 e. The number of rotatable bonds is 4. The Kier molecular flexibility index (Phi) is 3.78. The summed E-state index contributed by atoms with van der Waals surface area (Å²) in [5.74, 6) is -0.0467. The summed E-state index contributed by atoms with van der Waals surface area (Å²) in [4.78, 5) is 20.3. The molecule has 0 unspecified atom stereocenters. The van der Waals surface area contributed by atoms with Gasteiger partial charge in [0, 0.05) is 12.1 Å². The van der Waals surface area contributed by atoms with Crippen LogP contribution in [-0.4, -0.2) is 22.5 Å². The fourth-order valence-corrected chi connectivity index (χ4v) is 2.47. The van der Waals surface area contributed by atoms with E-state index in [4.69, 9.17) is 22.1 Å². The predicted molar refractivity (Wildman–Crippen MR) is 70.0 cm³/mol. The van der Waals surface area contributed by atoms with Crippen molar-refractivity contribution in [2.75, 3.05) is 6.61 Å². The second-order valence-corrected chi connectivity index (χ2v) is 4.77. The first-order chi connectivity index (χ1) is 8.61. The monoisotopic (exact) mass is 283 g/mol. The number of halogens is 1. The Morgan fingerprint density at radius 3 is 2.89 bits per heavy atom. The molecule has 5 nitrogen and oxygen atoms in total. The van der Waals surface area contributed by atoms with E-state index in [0.29, 0.717) is 28.1 Å². The molecule has 18 heavy (non-hydrogen) atoms. The number of carbonyl (C=O) groups is 1. The van der Waals surface area contributed by atoms with E-state index in [0.717, 1.165) is 4.88 Å². The van der Waals surface area contributed by atoms with E-state index < -0.39 is 5.91 Å². The van der Waals surface area contributed by atoms with E-state index in [1.165, 1.54) is 17.7 Å². The Balaban J connectivity index is 2.46. The van der Waals surface area contributed by atoms with Crippen molar-refractivity contribution in [3.63, 3.8) is 0 Å². The number of ether oxygens (including phenoxy) is 1. The topological polar surface area (TPSA) is 78.1 Å². The van der Waals surface area contributed by atoms with E-state index >= 15 is 0 Å². The number of primary amides is 1. The number of amides is 1. The number of thiophene rings is 1. The summed E-state index contributed by atoms with van der Waals surface area (Å²) >= 11 is 7.02. The molecule has 94 valence electrons. The third kappa shape index (κ3) is 2.60. The van der Waals surface area contributed by atoms with E-state index in [1.54, 1.807) is 12.1 Å². The van der Waals surface area contributed by atoms with Gasteiger partial charge in [-0.05, 0) is 6.92 Å². The molecule has 2 rings (SSSR count). The lowest BCUT2D eigenvalue weighted by atomic mass is 10.3. The number of carbonyl (C=O) groups excluding carboxylic acids is 1. The quantitative estimate of drug-likeness (QED) is 0.874. The zero-order chi connectivity index (χ0) is 13.1. The van der Waals surface area contributed by atoms with Crippen molar-refractivity contribution in [3.05, 3.63) is 28.5 Å². The van der Waals surface area contributed by atoms with Gasteiger partial charge in [-0.25, -0.2) is 9.97 Å². The number of hydrogen-bond donors (Lipinski definition) is 1. The predicted octanol–water partition coefficient (Wildman–Crippen LogP) is 2.36. The van der Waals surface area contributed by atoms with Crippen LogP contribution in [0.3, 0.4) is 0 Å². The van der Waals surface area contributed by atoms with Crippen LogP contribution in [0.1, 0.15) is 16.6 Å². The third-order valence-electron chi connectivity index (χ3n) is 2.11. The molecule has 2 heterocycles. The Morgan fingerprint density at radius 1 is 1.50 bits per heavy atom. The SMILES string of the molecule is CCOc1cc(-c2cc(Cl)ncn2)sc1C(N)=O. The molecule has 0 bridgehead atoms. The summed E-state index contributed by atoms with van der Waals surface area (Å²) in [6, 6.07) is 3.35. The lowest BCUT2D eigenvalue weighted by molar-refractivity contribution is 0.100. The lowest BCUT2D eigenvalue weighted by Crippen LogP contribution is -2.10. The van der Waals surface area contributed by atoms with Crippen molar-refractivity contribution >= 4 is 28.8 Å². The molecule has 2 aromatic rings. The Labute approximate surface area is 113 Å². The standard InChI is InChI=1S/C11H10ClN3O2S/c1-2-17-7-4-8(18-10(7)11(13)16)6-3-9(12)15-5-14-6/h3-5H,2H2,1H3,(H2,13,16). The van der Waals surface area contributed by atoms with Crippen LogP contribution in [0.25, 0.3) is 10.6 Å². The molecule has 0 atom stereocenters. The minimum Gasteiger partial charge on any atom is -0.492 e. The molecular weight excluding hydrogens is 274 g/mol. The van der Waals surface area contributed by atoms with Crippen LogP contribution in [0.15, 0.2) is 18.5 Å². The smallest absolute Gasteiger partial charge is 0.262 e. The van der Waals surface area contributed by atoms with E-state index in [-0.39, 0.29) is 0 Å². The van der Waals surface area contributed by atoms with Gasteiger partial charge in [0.1, 0.15) is 22.1 Å². The van der Waals surface area contributed by atoms with Crippen molar-refractivity contribution in [2.24, 2.45) is 5.73 Å². The lowest BCUT2D eigenvalue weighted by Gasteiger charge is -2.00. The van der Waals surface area contributed by atoms with E-state index in [2.05, 4.69) is 9.97 Å². The van der Waals surface area contributed by atoms with Crippen molar-refractivity contribution in [1.29, 1.82) is 0 Å². The maximum atomic E-state index is 11.3. The second kappa shape index (κ2) is 5.32. The number of aromatic nitrogens is 2. The summed E-state index contributed by atoms with van der Waals surface area (Å²) in [6.45, 7) is 2.30. The molecule has 0 aromatic carbocycles. The summed E-state index contributed by atoms with van der Waals surface area (Å²) < 4.78 is 5.36. The van der Waals surface area contributed by atoms with Crippen molar-refractivity contribution < 1.29 is 9.53 Å². The number of hydrogen-bond acceptors (Lipinski definition) is 5. The molecule has 0 aliphatic rings. The Bertz CT molecular complexity index is 585. The number of nitrogens with two attached hydrogens (primary N) is 1. The highest BCUT2D eigenvalue weighted by atomic mass is 35.5. The molecule has 0 aliphatic carbocycles. The van der Waals surface area contributed by atoms with Gasteiger partial charge in [-0.3, -0.25) is 4.79 Å². The van der Waals surface area contributed by atoms with E-state index in [1.807, 2.05) is 6.92 Å². The first kappa shape index (κ1) is 12.8. The van der Waals surface area contributed by atoms with Crippen LogP contribution < -0.4 is 10.5 Å². The molecule has 1 amide bonds. The minimum absolute atomic E-state index is 0.340. The maximum absolute atomic E-state index is 11.3. The summed E-state index contributed by atoms with van der Waals surface area (Å²) in [6.07, 6.45) is 1.36. The average Bonchev–Trinajstić information content (AvgIpc) is 2.74. The average molecular weight is 284 g/mol. The highest BCUT2D eigenvalue weighted by Gasteiger charge is 2.16. The van der Waals surface area contributed by atoms with Crippen LogP contribution >= 0.6 is 22.9 Å². The van der Waals surface area contributed by atoms with Crippen LogP contribution in [-0.2, 0) is 0 Å². The first-order valence-electron chi connectivity index (χ1n) is 5.16. The van der Waals surface area contributed by atoms with Gasteiger partial charge in [0.25, 0.3) is 5.91 Å². The van der Waals surface area contributed by atoms with Crippen molar-refractivity contribution in [2.45, 2.75) is 6.92 Å². The molecule has 7 heteroatoms. The Hall–Kier alpha value is -1.66.